The number of imidazole rings is 1. The van der Waals surface area contributed by atoms with E-state index in [9.17, 15) is 0 Å². The van der Waals surface area contributed by atoms with Crippen LogP contribution in [0.1, 0.15) is 39.9 Å². The second-order valence-corrected chi connectivity index (χ2v) is 6.15. The van der Waals surface area contributed by atoms with Gasteiger partial charge in [-0.3, -0.25) is 4.90 Å². The van der Waals surface area contributed by atoms with E-state index >= 15 is 0 Å². The van der Waals surface area contributed by atoms with Gasteiger partial charge in [-0.2, -0.15) is 0 Å². The van der Waals surface area contributed by atoms with Crippen molar-refractivity contribution in [1.29, 1.82) is 0 Å². The van der Waals surface area contributed by atoms with E-state index < -0.39 is 0 Å². The summed E-state index contributed by atoms with van der Waals surface area (Å²) in [7, 11) is 2.12. The van der Waals surface area contributed by atoms with Gasteiger partial charge in [0.1, 0.15) is 0 Å². The summed E-state index contributed by atoms with van der Waals surface area (Å²) in [6.45, 7) is 9.30. The molecular formula is C13H20N4S. The molecule has 18 heavy (non-hydrogen) atoms. The molecule has 0 saturated carbocycles. The number of aryl methyl sites for hydroxylation is 3. The maximum absolute atomic E-state index is 4.63. The predicted octanol–water partition coefficient (Wildman–Crippen LogP) is 2.98. The lowest BCUT2D eigenvalue weighted by Crippen LogP contribution is -2.23. The fraction of sp³-hybridized carbons (Fsp3) is 0.538. The molecule has 5 heteroatoms. The van der Waals surface area contributed by atoms with Crippen LogP contribution in [0.2, 0.25) is 0 Å². The van der Waals surface area contributed by atoms with Gasteiger partial charge in [-0.05, 0) is 34.7 Å². The Balaban J connectivity index is 2.12. The molecule has 0 fully saturated rings. The molecule has 0 aliphatic heterocycles. The number of hydrogen-bond acceptors (Lipinski definition) is 4. The first-order chi connectivity index (χ1) is 8.49. The molecule has 2 heterocycles. The van der Waals surface area contributed by atoms with Gasteiger partial charge in [0.05, 0.1) is 28.8 Å². The Morgan fingerprint density at radius 1 is 1.39 bits per heavy atom. The molecule has 0 aromatic carbocycles. The largest absolute Gasteiger partial charge is 0.348 e. The molecular weight excluding hydrogens is 244 g/mol. The number of aromatic amines is 1. The van der Waals surface area contributed by atoms with Crippen LogP contribution in [0.4, 0.5) is 0 Å². The highest BCUT2D eigenvalue weighted by Crippen LogP contribution is 2.26. The van der Waals surface area contributed by atoms with E-state index in [2.05, 4.69) is 54.6 Å². The van der Waals surface area contributed by atoms with Crippen molar-refractivity contribution in [1.82, 2.24) is 19.9 Å². The van der Waals surface area contributed by atoms with Crippen molar-refractivity contribution in [3.63, 3.8) is 0 Å². The minimum absolute atomic E-state index is 0.311. The smallest absolute Gasteiger partial charge is 0.0925 e. The fourth-order valence-corrected chi connectivity index (χ4v) is 2.97. The topological polar surface area (TPSA) is 44.8 Å². The third-order valence-corrected chi connectivity index (χ3v) is 4.23. The van der Waals surface area contributed by atoms with Crippen molar-refractivity contribution >= 4 is 11.3 Å². The van der Waals surface area contributed by atoms with Crippen LogP contribution in [-0.4, -0.2) is 26.9 Å². The first-order valence-corrected chi connectivity index (χ1v) is 6.93. The molecule has 0 spiro atoms. The zero-order valence-corrected chi connectivity index (χ0v) is 12.4. The summed E-state index contributed by atoms with van der Waals surface area (Å²) in [6, 6.07) is 0.311. The molecule has 1 atom stereocenters. The highest BCUT2D eigenvalue weighted by molar-refractivity contribution is 7.11. The molecule has 2 rings (SSSR count). The Labute approximate surface area is 112 Å². The van der Waals surface area contributed by atoms with Crippen LogP contribution in [0, 0.1) is 20.8 Å². The monoisotopic (exact) mass is 264 g/mol. The van der Waals surface area contributed by atoms with Crippen LogP contribution in [0.3, 0.4) is 0 Å². The van der Waals surface area contributed by atoms with Gasteiger partial charge in [0, 0.05) is 17.1 Å². The van der Waals surface area contributed by atoms with Crippen molar-refractivity contribution < 1.29 is 0 Å². The first kappa shape index (κ1) is 13.2. The highest BCUT2D eigenvalue weighted by Gasteiger charge is 2.18. The number of nitrogens with zero attached hydrogens (tertiary/aromatic N) is 3. The summed E-state index contributed by atoms with van der Waals surface area (Å²) in [5, 5.41) is 1.14. The standard InChI is InChI=1S/C13H20N4S/c1-8-12(15-7-14-8)6-17(5)9(2)13-10(3)18-11(4)16-13/h7,9H,6H2,1-5H3,(H,14,15)/t9-/m0/s1. The molecule has 0 saturated heterocycles. The minimum Gasteiger partial charge on any atom is -0.348 e. The Hall–Kier alpha value is -1.20. The number of hydrogen-bond donors (Lipinski definition) is 1. The van der Waals surface area contributed by atoms with Crippen LogP contribution in [0.15, 0.2) is 6.33 Å². The molecule has 98 valence electrons. The summed E-state index contributed by atoms with van der Waals surface area (Å²) < 4.78 is 0. The van der Waals surface area contributed by atoms with Crippen molar-refractivity contribution in [3.8, 4) is 0 Å². The van der Waals surface area contributed by atoms with E-state index in [1.165, 1.54) is 10.6 Å². The second kappa shape index (κ2) is 5.20. The predicted molar refractivity (Wildman–Crippen MR) is 74.8 cm³/mol. The van der Waals surface area contributed by atoms with Gasteiger partial charge in [-0.15, -0.1) is 11.3 Å². The van der Waals surface area contributed by atoms with E-state index in [-0.39, 0.29) is 0 Å². The van der Waals surface area contributed by atoms with Crippen molar-refractivity contribution in [3.05, 3.63) is 33.3 Å². The highest BCUT2D eigenvalue weighted by atomic mass is 32.1. The molecule has 0 aliphatic carbocycles. The van der Waals surface area contributed by atoms with Crippen LogP contribution < -0.4 is 0 Å². The Morgan fingerprint density at radius 2 is 2.11 bits per heavy atom. The number of thiazole rings is 1. The van der Waals surface area contributed by atoms with Gasteiger partial charge in [-0.25, -0.2) is 9.97 Å². The maximum atomic E-state index is 4.63. The first-order valence-electron chi connectivity index (χ1n) is 6.12. The van der Waals surface area contributed by atoms with E-state index in [1.807, 2.05) is 0 Å². The molecule has 0 unspecified atom stereocenters. The van der Waals surface area contributed by atoms with Gasteiger partial charge in [0.25, 0.3) is 0 Å². The Kier molecular flexibility index (Phi) is 3.82. The summed E-state index contributed by atoms with van der Waals surface area (Å²) in [5.74, 6) is 0. The van der Waals surface area contributed by atoms with Gasteiger partial charge in [-0.1, -0.05) is 0 Å². The Morgan fingerprint density at radius 3 is 2.61 bits per heavy atom. The summed E-state index contributed by atoms with van der Waals surface area (Å²) in [6.07, 6.45) is 1.75. The second-order valence-electron chi connectivity index (χ2n) is 4.74. The Bertz CT molecular complexity index is 529. The van der Waals surface area contributed by atoms with E-state index in [0.717, 1.165) is 22.9 Å². The third kappa shape index (κ3) is 2.62. The van der Waals surface area contributed by atoms with E-state index in [4.69, 9.17) is 0 Å². The van der Waals surface area contributed by atoms with Crippen LogP contribution in [0.5, 0.6) is 0 Å². The fourth-order valence-electron chi connectivity index (χ4n) is 2.06. The zero-order chi connectivity index (χ0) is 13.3. The molecule has 4 nitrogen and oxygen atoms in total. The zero-order valence-electron chi connectivity index (χ0n) is 11.6. The quantitative estimate of drug-likeness (QED) is 0.923. The third-order valence-electron chi connectivity index (χ3n) is 3.33. The van der Waals surface area contributed by atoms with Crippen molar-refractivity contribution in [2.75, 3.05) is 7.05 Å². The van der Waals surface area contributed by atoms with Crippen LogP contribution in [0.25, 0.3) is 0 Å². The van der Waals surface area contributed by atoms with Crippen molar-refractivity contribution in [2.45, 2.75) is 40.3 Å². The summed E-state index contributed by atoms with van der Waals surface area (Å²) in [4.78, 5) is 15.7. The molecule has 0 amide bonds. The molecule has 0 aliphatic rings. The molecule has 1 N–H and O–H groups in total. The van der Waals surface area contributed by atoms with E-state index in [1.54, 1.807) is 17.7 Å². The summed E-state index contributed by atoms with van der Waals surface area (Å²) >= 11 is 1.77. The minimum atomic E-state index is 0.311. The molecule has 0 bridgehead atoms. The van der Waals surface area contributed by atoms with Crippen LogP contribution >= 0.6 is 11.3 Å². The lowest BCUT2D eigenvalue weighted by atomic mass is 10.2. The number of nitrogens with one attached hydrogen (secondary N) is 1. The molecule has 2 aromatic heterocycles. The lowest BCUT2D eigenvalue weighted by Gasteiger charge is -2.23. The van der Waals surface area contributed by atoms with Gasteiger partial charge >= 0.3 is 0 Å². The van der Waals surface area contributed by atoms with Gasteiger partial charge in [0.15, 0.2) is 0 Å². The molecule has 2 aromatic rings. The number of H-pyrrole nitrogens is 1. The maximum Gasteiger partial charge on any atom is 0.0925 e. The van der Waals surface area contributed by atoms with Crippen LogP contribution in [-0.2, 0) is 6.54 Å². The number of aromatic nitrogens is 3. The number of rotatable bonds is 4. The van der Waals surface area contributed by atoms with Crippen molar-refractivity contribution in [2.24, 2.45) is 0 Å². The van der Waals surface area contributed by atoms with Gasteiger partial charge < -0.3 is 4.98 Å². The van der Waals surface area contributed by atoms with E-state index in [0.29, 0.717) is 6.04 Å². The average Bonchev–Trinajstić information content (AvgIpc) is 2.85. The average molecular weight is 264 g/mol. The normalized spacial score (nSPS) is 13.2. The molecule has 0 radical (unpaired) electrons. The van der Waals surface area contributed by atoms with Gasteiger partial charge in [0.2, 0.25) is 0 Å². The SMILES string of the molecule is Cc1nc([C@H](C)N(C)Cc2nc[nH]c2C)c(C)s1. The summed E-state index contributed by atoms with van der Waals surface area (Å²) in [5.41, 5.74) is 3.43. The lowest BCUT2D eigenvalue weighted by molar-refractivity contribution is 0.245.